The van der Waals surface area contributed by atoms with Crippen LogP contribution in [0.2, 0.25) is 0 Å². The van der Waals surface area contributed by atoms with Gasteiger partial charge in [-0.1, -0.05) is 5.57 Å². The van der Waals surface area contributed by atoms with Crippen molar-refractivity contribution in [3.8, 4) is 5.69 Å². The monoisotopic (exact) mass is 427 g/mol. The standard InChI is InChI=1S/C23H26FN3O4/c1-22(2,3)31-21(30)26-9-8-16-10-19-15(11-23(16,14-26)20(29)13-28)12-25-27(19)18-6-4-17(24)5-7-18/h4-7,10,12,28H,8-9,11,13-14H2,1-3H3/t23-/m0/s1. The Balaban J connectivity index is 1.70. The molecule has 1 saturated heterocycles. The minimum absolute atomic E-state index is 0.147. The lowest BCUT2D eigenvalue weighted by Gasteiger charge is -2.45. The predicted molar refractivity (Wildman–Crippen MR) is 112 cm³/mol. The molecule has 1 atom stereocenters. The molecule has 0 unspecified atom stereocenters. The summed E-state index contributed by atoms with van der Waals surface area (Å²) < 4.78 is 20.5. The highest BCUT2D eigenvalue weighted by Crippen LogP contribution is 2.45. The van der Waals surface area contributed by atoms with Crippen molar-refractivity contribution < 1.29 is 23.8 Å². The second-order valence-corrected chi connectivity index (χ2v) is 9.10. The summed E-state index contributed by atoms with van der Waals surface area (Å²) in [6.07, 6.45) is 3.96. The van der Waals surface area contributed by atoms with Crippen LogP contribution in [0.4, 0.5) is 9.18 Å². The van der Waals surface area contributed by atoms with Crippen LogP contribution in [-0.2, 0) is 16.0 Å². The third kappa shape index (κ3) is 3.87. The molecule has 1 aliphatic heterocycles. The van der Waals surface area contributed by atoms with Gasteiger partial charge >= 0.3 is 6.09 Å². The molecule has 8 heteroatoms. The van der Waals surface area contributed by atoms with Gasteiger partial charge < -0.3 is 14.7 Å². The normalized spacial score (nSPS) is 20.5. The summed E-state index contributed by atoms with van der Waals surface area (Å²) in [5.41, 5.74) is 1.59. The number of fused-ring (bicyclic) bond motifs is 2. The number of Topliss-reactive ketones (excluding diaryl/α,β-unsaturated/α-hetero) is 1. The molecule has 0 spiro atoms. The number of hydrogen-bond donors (Lipinski definition) is 1. The van der Waals surface area contributed by atoms with Crippen molar-refractivity contribution in [3.05, 3.63) is 53.1 Å². The van der Waals surface area contributed by atoms with E-state index in [2.05, 4.69) is 5.10 Å². The topological polar surface area (TPSA) is 84.7 Å². The Bertz CT molecular complexity index is 1050. The highest BCUT2D eigenvalue weighted by Gasteiger charge is 2.49. The number of piperidine rings is 1. The largest absolute Gasteiger partial charge is 0.444 e. The summed E-state index contributed by atoms with van der Waals surface area (Å²) in [5, 5.41) is 14.2. The van der Waals surface area contributed by atoms with E-state index in [0.717, 1.165) is 16.8 Å². The second-order valence-electron chi connectivity index (χ2n) is 9.10. The van der Waals surface area contributed by atoms with E-state index in [1.54, 1.807) is 48.7 Å². The zero-order valence-electron chi connectivity index (χ0n) is 17.9. The molecule has 7 nitrogen and oxygen atoms in total. The molecule has 31 heavy (non-hydrogen) atoms. The number of ketones is 1. The molecule has 1 aromatic heterocycles. The van der Waals surface area contributed by atoms with Gasteiger partial charge in [0.05, 0.1) is 23.0 Å². The molecule has 0 bridgehead atoms. The third-order valence-corrected chi connectivity index (χ3v) is 5.82. The van der Waals surface area contributed by atoms with E-state index in [9.17, 15) is 19.1 Å². The maximum Gasteiger partial charge on any atom is 0.410 e. The number of carbonyl (C=O) groups excluding carboxylic acids is 2. The highest BCUT2D eigenvalue weighted by atomic mass is 19.1. The fraction of sp³-hybridized carbons (Fsp3) is 0.435. The van der Waals surface area contributed by atoms with E-state index in [1.807, 2.05) is 6.08 Å². The third-order valence-electron chi connectivity index (χ3n) is 5.82. The first-order valence-corrected chi connectivity index (χ1v) is 10.3. The molecule has 2 heterocycles. The van der Waals surface area contributed by atoms with E-state index < -0.39 is 23.7 Å². The van der Waals surface area contributed by atoms with Gasteiger partial charge in [0, 0.05) is 13.1 Å². The molecule has 1 aliphatic carbocycles. The minimum atomic E-state index is -1.01. The lowest BCUT2D eigenvalue weighted by atomic mass is 9.66. The van der Waals surface area contributed by atoms with Crippen molar-refractivity contribution in [2.24, 2.45) is 5.41 Å². The van der Waals surface area contributed by atoms with Crippen LogP contribution in [0.3, 0.4) is 0 Å². The number of rotatable bonds is 3. The fourth-order valence-electron chi connectivity index (χ4n) is 4.34. The number of amides is 1. The van der Waals surface area contributed by atoms with Gasteiger partial charge in [0.1, 0.15) is 18.0 Å². The van der Waals surface area contributed by atoms with E-state index >= 15 is 0 Å². The molecule has 2 aliphatic rings. The first-order chi connectivity index (χ1) is 14.6. The second kappa shape index (κ2) is 7.60. The molecule has 164 valence electrons. The van der Waals surface area contributed by atoms with Crippen LogP contribution in [0.1, 0.15) is 38.4 Å². The number of aliphatic hydroxyl groups excluding tert-OH is 1. The van der Waals surface area contributed by atoms with Crippen LogP contribution in [0.25, 0.3) is 11.8 Å². The number of benzene rings is 1. The number of hydrogen-bond acceptors (Lipinski definition) is 5. The van der Waals surface area contributed by atoms with Gasteiger partial charge in [0.2, 0.25) is 0 Å². The van der Waals surface area contributed by atoms with Crippen LogP contribution in [0.5, 0.6) is 0 Å². The Kier molecular flexibility index (Phi) is 5.21. The van der Waals surface area contributed by atoms with Crippen molar-refractivity contribution in [1.82, 2.24) is 14.7 Å². The van der Waals surface area contributed by atoms with E-state index in [-0.39, 0.29) is 18.1 Å². The molecule has 0 saturated carbocycles. The SMILES string of the molecule is CC(C)(C)OC(=O)N1CCC2=Cc3c(cnn3-c3ccc(F)cc3)C[C@]2(C(=O)CO)C1. The zero-order valence-corrected chi connectivity index (χ0v) is 17.9. The van der Waals surface area contributed by atoms with Gasteiger partial charge in [-0.25, -0.2) is 13.9 Å². The summed E-state index contributed by atoms with van der Waals surface area (Å²) >= 11 is 0. The predicted octanol–water partition coefficient (Wildman–Crippen LogP) is 3.14. The van der Waals surface area contributed by atoms with Crippen molar-refractivity contribution in [2.45, 2.75) is 39.2 Å². The summed E-state index contributed by atoms with van der Waals surface area (Å²) in [6.45, 7) is 5.35. The number of aromatic nitrogens is 2. The molecule has 1 amide bonds. The average Bonchev–Trinajstić information content (AvgIpc) is 3.12. The van der Waals surface area contributed by atoms with Gasteiger partial charge in [-0.05, 0) is 69.5 Å². The summed E-state index contributed by atoms with van der Waals surface area (Å²) in [6, 6.07) is 6.04. The molecule has 4 rings (SSSR count). The van der Waals surface area contributed by atoms with Crippen molar-refractivity contribution in [1.29, 1.82) is 0 Å². The van der Waals surface area contributed by atoms with Gasteiger partial charge in [-0.15, -0.1) is 0 Å². The Labute approximate surface area is 180 Å². The molecular weight excluding hydrogens is 401 g/mol. The maximum atomic E-state index is 13.3. The summed E-state index contributed by atoms with van der Waals surface area (Å²) in [5.74, 6) is -0.655. The maximum absolute atomic E-state index is 13.3. The van der Waals surface area contributed by atoms with E-state index in [1.165, 1.54) is 12.1 Å². The van der Waals surface area contributed by atoms with Crippen LogP contribution in [0.15, 0.2) is 36.0 Å². The van der Waals surface area contributed by atoms with Crippen molar-refractivity contribution in [3.63, 3.8) is 0 Å². The number of ether oxygens (including phenoxy) is 1. The van der Waals surface area contributed by atoms with E-state index in [4.69, 9.17) is 4.74 Å². The lowest BCUT2D eigenvalue weighted by molar-refractivity contribution is -0.131. The Hall–Kier alpha value is -3.00. The summed E-state index contributed by atoms with van der Waals surface area (Å²) in [7, 11) is 0. The molecule has 1 fully saturated rings. The molecular formula is C23H26FN3O4. The van der Waals surface area contributed by atoms with Gasteiger partial charge in [-0.3, -0.25) is 4.79 Å². The molecule has 1 aromatic carbocycles. The first kappa shape index (κ1) is 21.2. The first-order valence-electron chi connectivity index (χ1n) is 10.3. The number of likely N-dealkylation sites (tertiary alicyclic amines) is 1. The minimum Gasteiger partial charge on any atom is -0.444 e. The van der Waals surface area contributed by atoms with Crippen LogP contribution in [-0.4, -0.2) is 57.0 Å². The quantitative estimate of drug-likeness (QED) is 0.814. The van der Waals surface area contributed by atoms with Crippen molar-refractivity contribution in [2.75, 3.05) is 19.7 Å². The van der Waals surface area contributed by atoms with Gasteiger partial charge in [-0.2, -0.15) is 5.10 Å². The number of nitrogens with zero attached hydrogens (tertiary/aromatic N) is 3. The number of aliphatic hydroxyl groups is 1. The number of carbonyl (C=O) groups is 2. The number of halogens is 1. The van der Waals surface area contributed by atoms with Crippen LogP contribution in [0, 0.1) is 11.2 Å². The lowest BCUT2D eigenvalue weighted by Crippen LogP contribution is -2.54. The Morgan fingerprint density at radius 1 is 1.26 bits per heavy atom. The Morgan fingerprint density at radius 3 is 2.61 bits per heavy atom. The van der Waals surface area contributed by atoms with Crippen LogP contribution < -0.4 is 0 Å². The zero-order chi connectivity index (χ0) is 22.4. The average molecular weight is 427 g/mol. The van der Waals surface area contributed by atoms with Crippen molar-refractivity contribution >= 4 is 18.0 Å². The molecule has 2 aromatic rings. The highest BCUT2D eigenvalue weighted by molar-refractivity contribution is 5.92. The van der Waals surface area contributed by atoms with Gasteiger partial charge in [0.25, 0.3) is 0 Å². The van der Waals surface area contributed by atoms with Crippen LogP contribution >= 0.6 is 0 Å². The Morgan fingerprint density at radius 2 is 1.97 bits per heavy atom. The molecule has 1 N–H and O–H groups in total. The summed E-state index contributed by atoms with van der Waals surface area (Å²) in [4.78, 5) is 27.2. The smallest absolute Gasteiger partial charge is 0.410 e. The fourth-order valence-corrected chi connectivity index (χ4v) is 4.34. The van der Waals surface area contributed by atoms with E-state index in [0.29, 0.717) is 25.1 Å². The van der Waals surface area contributed by atoms with Gasteiger partial charge in [0.15, 0.2) is 5.78 Å². The molecule has 0 radical (unpaired) electrons.